The summed E-state index contributed by atoms with van der Waals surface area (Å²) in [6, 6.07) is 20.7. The number of amides is 2. The fraction of sp³-hybridized carbons (Fsp3) is 0.355. The molecule has 1 aromatic heterocycles. The van der Waals surface area contributed by atoms with Crippen LogP contribution >= 0.6 is 0 Å². The average molecular weight is 527 g/mol. The summed E-state index contributed by atoms with van der Waals surface area (Å²) in [7, 11) is 1.37. The Hall–Kier alpha value is -4.20. The Balaban J connectivity index is 1.28. The van der Waals surface area contributed by atoms with E-state index < -0.39 is 0 Å². The zero-order valence-electron chi connectivity index (χ0n) is 22.2. The van der Waals surface area contributed by atoms with Crippen LogP contribution in [0.3, 0.4) is 0 Å². The van der Waals surface area contributed by atoms with Crippen molar-refractivity contribution in [2.45, 2.75) is 31.6 Å². The number of carbonyl (C=O) groups is 3. The van der Waals surface area contributed by atoms with Crippen LogP contribution in [0.15, 0.2) is 72.9 Å². The number of likely N-dealkylation sites (tertiary alicyclic amines) is 1. The Morgan fingerprint density at radius 2 is 1.69 bits per heavy atom. The summed E-state index contributed by atoms with van der Waals surface area (Å²) in [6.45, 7) is 2.17. The third kappa shape index (κ3) is 5.95. The number of ether oxygens (including phenoxy) is 1. The lowest BCUT2D eigenvalue weighted by Gasteiger charge is -2.34. The van der Waals surface area contributed by atoms with E-state index in [0.717, 1.165) is 42.8 Å². The molecule has 8 nitrogen and oxygen atoms in total. The van der Waals surface area contributed by atoms with Crippen LogP contribution in [-0.4, -0.2) is 61.0 Å². The molecule has 3 aromatic rings. The van der Waals surface area contributed by atoms with E-state index in [1.165, 1.54) is 7.11 Å². The molecule has 0 spiro atoms. The molecule has 8 heteroatoms. The van der Waals surface area contributed by atoms with Crippen LogP contribution in [-0.2, 0) is 14.3 Å². The first-order valence-electron chi connectivity index (χ1n) is 13.5. The molecule has 0 aliphatic carbocycles. The lowest BCUT2D eigenvalue weighted by molar-refractivity contribution is -0.140. The predicted octanol–water partition coefficient (Wildman–Crippen LogP) is 4.48. The van der Waals surface area contributed by atoms with E-state index in [-0.39, 0.29) is 36.7 Å². The lowest BCUT2D eigenvalue weighted by atomic mass is 9.86. The maximum atomic E-state index is 13.8. The zero-order valence-corrected chi connectivity index (χ0v) is 22.2. The number of anilines is 2. The molecule has 1 unspecified atom stereocenters. The van der Waals surface area contributed by atoms with E-state index in [4.69, 9.17) is 4.74 Å². The molecular formula is C31H34N4O4. The molecule has 2 aliphatic rings. The highest BCUT2D eigenvalue weighted by Gasteiger charge is 2.35. The molecule has 0 bridgehead atoms. The van der Waals surface area contributed by atoms with Crippen molar-refractivity contribution >= 4 is 29.3 Å². The number of nitrogens with zero attached hydrogens (tertiary/aromatic N) is 3. The fourth-order valence-electron chi connectivity index (χ4n) is 5.65. The van der Waals surface area contributed by atoms with Crippen molar-refractivity contribution in [2.75, 3.05) is 43.5 Å². The Morgan fingerprint density at radius 1 is 0.974 bits per heavy atom. The van der Waals surface area contributed by atoms with Crippen molar-refractivity contribution in [3.63, 3.8) is 0 Å². The minimum Gasteiger partial charge on any atom is -0.469 e. The molecule has 2 amide bonds. The third-order valence-electron chi connectivity index (χ3n) is 7.80. The number of benzene rings is 2. The first-order valence-corrected chi connectivity index (χ1v) is 13.5. The molecule has 5 rings (SSSR count). The Bertz CT molecular complexity index is 1320. The van der Waals surface area contributed by atoms with Crippen LogP contribution in [0, 0.1) is 5.92 Å². The molecule has 1 saturated heterocycles. The molecule has 3 heterocycles. The SMILES string of the molecule is COC(=O)CC1c2ccccc2C(=O)N(CC(=O)N2CCC(CCNc3ccccn3)CC2)c2ccccc21. The molecule has 2 aromatic carbocycles. The number of para-hydroxylation sites is 1. The van der Waals surface area contributed by atoms with Gasteiger partial charge >= 0.3 is 5.97 Å². The number of esters is 1. The van der Waals surface area contributed by atoms with Crippen LogP contribution in [0.1, 0.15) is 53.1 Å². The normalized spacial score (nSPS) is 17.2. The maximum absolute atomic E-state index is 13.8. The van der Waals surface area contributed by atoms with Crippen LogP contribution in [0.5, 0.6) is 0 Å². The van der Waals surface area contributed by atoms with Crippen molar-refractivity contribution in [3.8, 4) is 0 Å². The van der Waals surface area contributed by atoms with E-state index >= 15 is 0 Å². The van der Waals surface area contributed by atoms with Gasteiger partial charge in [-0.1, -0.05) is 42.5 Å². The first-order chi connectivity index (χ1) is 19.0. The van der Waals surface area contributed by atoms with Gasteiger partial charge in [-0.05, 0) is 60.6 Å². The number of pyridine rings is 1. The van der Waals surface area contributed by atoms with Gasteiger partial charge in [0, 0.05) is 43.0 Å². The zero-order chi connectivity index (χ0) is 27.2. The van der Waals surface area contributed by atoms with Crippen LogP contribution < -0.4 is 10.2 Å². The quantitative estimate of drug-likeness (QED) is 0.435. The molecule has 202 valence electrons. The maximum Gasteiger partial charge on any atom is 0.306 e. The molecule has 0 radical (unpaired) electrons. The van der Waals surface area contributed by atoms with Crippen LogP contribution in [0.25, 0.3) is 0 Å². The number of aromatic nitrogens is 1. The van der Waals surface area contributed by atoms with Gasteiger partial charge in [-0.15, -0.1) is 0 Å². The summed E-state index contributed by atoms with van der Waals surface area (Å²) < 4.78 is 4.97. The summed E-state index contributed by atoms with van der Waals surface area (Å²) in [4.78, 5) is 47.4. The van der Waals surface area contributed by atoms with Gasteiger partial charge in [0.05, 0.1) is 13.5 Å². The lowest BCUT2D eigenvalue weighted by Crippen LogP contribution is -2.46. The Kier molecular flexibility index (Phi) is 8.20. The number of piperidine rings is 1. The number of carbonyl (C=O) groups excluding carboxylic acids is 3. The minimum atomic E-state index is -0.348. The molecule has 39 heavy (non-hydrogen) atoms. The summed E-state index contributed by atoms with van der Waals surface area (Å²) in [5.74, 6) is 0.435. The number of hydrogen-bond donors (Lipinski definition) is 1. The standard InChI is InChI=1S/C31H34N4O4/c1-39-30(37)20-26-23-8-2-3-10-25(23)31(38)35(27-11-5-4-9-24(26)27)21-29(36)34-18-14-22(15-19-34)13-17-33-28-12-6-7-16-32-28/h2-12,16,22,26H,13-15,17-21H2,1H3,(H,32,33). The van der Waals surface area contributed by atoms with E-state index in [9.17, 15) is 14.4 Å². The van der Waals surface area contributed by atoms with Crippen molar-refractivity contribution in [1.29, 1.82) is 0 Å². The van der Waals surface area contributed by atoms with Gasteiger partial charge in [-0.3, -0.25) is 19.3 Å². The predicted molar refractivity (Wildman–Crippen MR) is 150 cm³/mol. The number of rotatable bonds is 8. The summed E-state index contributed by atoms with van der Waals surface area (Å²) >= 11 is 0. The minimum absolute atomic E-state index is 0.0407. The summed E-state index contributed by atoms with van der Waals surface area (Å²) in [6.07, 6.45) is 4.78. The molecule has 1 N–H and O–H groups in total. The molecule has 1 atom stereocenters. The van der Waals surface area contributed by atoms with Gasteiger partial charge in [0.1, 0.15) is 12.4 Å². The highest BCUT2D eigenvalue weighted by Crippen LogP contribution is 2.40. The highest BCUT2D eigenvalue weighted by atomic mass is 16.5. The Morgan fingerprint density at radius 3 is 2.44 bits per heavy atom. The van der Waals surface area contributed by atoms with Gasteiger partial charge in [-0.2, -0.15) is 0 Å². The van der Waals surface area contributed by atoms with E-state index in [1.807, 2.05) is 65.6 Å². The van der Waals surface area contributed by atoms with E-state index in [0.29, 0.717) is 30.3 Å². The summed E-state index contributed by atoms with van der Waals surface area (Å²) in [5, 5.41) is 3.36. The first kappa shape index (κ1) is 26.4. The molecule has 1 fully saturated rings. The van der Waals surface area contributed by atoms with Crippen molar-refractivity contribution in [1.82, 2.24) is 9.88 Å². The number of methoxy groups -OCH3 is 1. The second-order valence-corrected chi connectivity index (χ2v) is 10.1. The second kappa shape index (κ2) is 12.1. The molecule has 2 aliphatic heterocycles. The summed E-state index contributed by atoms with van der Waals surface area (Å²) in [5.41, 5.74) is 2.79. The van der Waals surface area contributed by atoms with Crippen molar-refractivity contribution in [2.24, 2.45) is 5.92 Å². The molecule has 0 saturated carbocycles. The number of nitrogens with one attached hydrogen (secondary N) is 1. The largest absolute Gasteiger partial charge is 0.469 e. The Labute approximate surface area is 229 Å². The van der Waals surface area contributed by atoms with Crippen molar-refractivity contribution < 1.29 is 19.1 Å². The average Bonchev–Trinajstić information content (AvgIpc) is 3.07. The highest BCUT2D eigenvalue weighted by molar-refractivity contribution is 6.11. The smallest absolute Gasteiger partial charge is 0.306 e. The molecular weight excluding hydrogens is 492 g/mol. The van der Waals surface area contributed by atoms with E-state index in [1.54, 1.807) is 17.2 Å². The van der Waals surface area contributed by atoms with Gasteiger partial charge in [0.15, 0.2) is 0 Å². The van der Waals surface area contributed by atoms with Crippen LogP contribution in [0.4, 0.5) is 11.5 Å². The van der Waals surface area contributed by atoms with Gasteiger partial charge in [0.25, 0.3) is 5.91 Å². The van der Waals surface area contributed by atoms with Gasteiger partial charge in [0.2, 0.25) is 5.91 Å². The topological polar surface area (TPSA) is 91.8 Å². The van der Waals surface area contributed by atoms with Crippen LogP contribution in [0.2, 0.25) is 0 Å². The monoisotopic (exact) mass is 526 g/mol. The number of fused-ring (bicyclic) bond motifs is 2. The van der Waals surface area contributed by atoms with Crippen molar-refractivity contribution in [3.05, 3.63) is 89.6 Å². The fourth-order valence-corrected chi connectivity index (χ4v) is 5.65. The second-order valence-electron chi connectivity index (χ2n) is 10.1. The van der Waals surface area contributed by atoms with Gasteiger partial charge < -0.3 is 15.0 Å². The van der Waals surface area contributed by atoms with Gasteiger partial charge in [-0.25, -0.2) is 4.98 Å². The van der Waals surface area contributed by atoms with E-state index in [2.05, 4.69) is 10.3 Å². The number of hydrogen-bond acceptors (Lipinski definition) is 6. The third-order valence-corrected chi connectivity index (χ3v) is 7.80.